The van der Waals surface area contributed by atoms with Crippen LogP contribution < -0.4 is 20.9 Å². The van der Waals surface area contributed by atoms with Gasteiger partial charge in [-0.1, -0.05) is 0 Å². The zero-order chi connectivity index (χ0) is 29.7. The van der Waals surface area contributed by atoms with Gasteiger partial charge in [-0.15, -0.1) is 0 Å². The number of nitrogens with zero attached hydrogens (tertiary/aromatic N) is 6. The van der Waals surface area contributed by atoms with Crippen LogP contribution in [0.1, 0.15) is 29.6 Å². The van der Waals surface area contributed by atoms with Gasteiger partial charge < -0.3 is 34.3 Å². The number of carbonyl (C=O) groups is 1. The number of hydrogen-bond donors (Lipinski definition) is 3. The number of H-pyrrole nitrogens is 1. The molecule has 43 heavy (non-hydrogen) atoms. The highest BCUT2D eigenvalue weighted by molar-refractivity contribution is 5.89. The van der Waals surface area contributed by atoms with Crippen LogP contribution in [0.4, 0.5) is 11.6 Å². The Balaban J connectivity index is 1.10. The average Bonchev–Trinajstić information content (AvgIpc) is 3.69. The van der Waals surface area contributed by atoms with E-state index in [9.17, 15) is 14.7 Å². The van der Waals surface area contributed by atoms with Crippen molar-refractivity contribution >= 4 is 28.6 Å². The third-order valence-corrected chi connectivity index (χ3v) is 9.21. The van der Waals surface area contributed by atoms with Gasteiger partial charge in [0.2, 0.25) is 11.8 Å². The number of carboxylic acids is 1. The molecule has 226 valence electrons. The first-order valence-corrected chi connectivity index (χ1v) is 14.8. The molecule has 1 aromatic carbocycles. The minimum absolute atomic E-state index is 0.0155. The second-order valence-electron chi connectivity index (χ2n) is 12.0. The Morgan fingerprint density at radius 1 is 1.26 bits per heavy atom. The van der Waals surface area contributed by atoms with Gasteiger partial charge in [0, 0.05) is 51.7 Å². The summed E-state index contributed by atoms with van der Waals surface area (Å²) in [4.78, 5) is 33.9. The van der Waals surface area contributed by atoms with Crippen molar-refractivity contribution in [1.29, 1.82) is 0 Å². The van der Waals surface area contributed by atoms with Crippen LogP contribution in [-0.2, 0) is 17.3 Å². The second-order valence-corrected chi connectivity index (χ2v) is 12.0. The van der Waals surface area contributed by atoms with Gasteiger partial charge in [0.1, 0.15) is 6.61 Å². The SMILES string of the molecule is Cn1cc(C(=O)O)cc(-c2cn[nH]c2OCCN2CC3CCC(n4c(N)nc5ccc(N6CCOCC6)cc54)(C3)C2)c1=O. The second kappa shape index (κ2) is 10.7. The molecule has 7 rings (SSSR count). The summed E-state index contributed by atoms with van der Waals surface area (Å²) in [7, 11) is 1.53. The molecule has 0 amide bonds. The molecule has 2 atom stereocenters. The molecule has 4 aromatic rings. The van der Waals surface area contributed by atoms with Crippen molar-refractivity contribution < 1.29 is 19.4 Å². The lowest BCUT2D eigenvalue weighted by Gasteiger charge is -2.42. The molecule has 1 saturated carbocycles. The van der Waals surface area contributed by atoms with Crippen LogP contribution in [0, 0.1) is 5.92 Å². The average molecular weight is 589 g/mol. The molecule has 5 heterocycles. The summed E-state index contributed by atoms with van der Waals surface area (Å²) >= 11 is 0. The molecular formula is C30H36N8O5. The number of ether oxygens (including phenoxy) is 2. The van der Waals surface area contributed by atoms with Crippen LogP contribution in [0.5, 0.6) is 5.88 Å². The summed E-state index contributed by atoms with van der Waals surface area (Å²) in [6.07, 6.45) is 6.03. The van der Waals surface area contributed by atoms with Crippen LogP contribution in [0.2, 0.25) is 0 Å². The highest BCUT2D eigenvalue weighted by Gasteiger charge is 2.47. The summed E-state index contributed by atoms with van der Waals surface area (Å²) in [5.41, 5.74) is 9.99. The summed E-state index contributed by atoms with van der Waals surface area (Å²) in [6, 6.07) is 7.80. The number of anilines is 2. The number of aromatic carboxylic acids is 1. The first-order chi connectivity index (χ1) is 20.8. The number of aromatic amines is 1. The minimum atomic E-state index is -1.11. The number of nitrogens with two attached hydrogens (primary N) is 1. The van der Waals surface area contributed by atoms with E-state index >= 15 is 0 Å². The number of likely N-dealkylation sites (tertiary alicyclic amines) is 1. The van der Waals surface area contributed by atoms with E-state index in [0.29, 0.717) is 36.5 Å². The zero-order valence-corrected chi connectivity index (χ0v) is 24.2. The summed E-state index contributed by atoms with van der Waals surface area (Å²) in [5.74, 6) is 0.340. The smallest absolute Gasteiger partial charge is 0.337 e. The molecular weight excluding hydrogens is 552 g/mol. The number of aromatic nitrogens is 5. The third kappa shape index (κ3) is 4.91. The molecule has 2 bridgehead atoms. The van der Waals surface area contributed by atoms with Gasteiger partial charge in [0.15, 0.2) is 0 Å². The van der Waals surface area contributed by atoms with E-state index in [1.165, 1.54) is 35.8 Å². The number of imidazole rings is 1. The van der Waals surface area contributed by atoms with Gasteiger partial charge in [0.05, 0.1) is 52.7 Å². The molecule has 0 radical (unpaired) electrons. The maximum atomic E-state index is 12.8. The number of hydrogen-bond acceptors (Lipinski definition) is 9. The highest BCUT2D eigenvalue weighted by Crippen LogP contribution is 2.47. The molecule has 13 heteroatoms. The van der Waals surface area contributed by atoms with Crippen molar-refractivity contribution in [3.8, 4) is 17.0 Å². The van der Waals surface area contributed by atoms with Gasteiger partial charge in [-0.3, -0.25) is 9.69 Å². The van der Waals surface area contributed by atoms with Gasteiger partial charge in [-0.05, 0) is 49.4 Å². The number of rotatable bonds is 8. The minimum Gasteiger partial charge on any atom is -0.478 e. The molecule has 3 fully saturated rings. The quantitative estimate of drug-likeness (QED) is 0.279. The number of pyridine rings is 1. The van der Waals surface area contributed by atoms with Gasteiger partial charge in [-0.2, -0.15) is 5.10 Å². The number of fused-ring (bicyclic) bond motifs is 3. The van der Waals surface area contributed by atoms with Crippen LogP contribution in [0.3, 0.4) is 0 Å². The largest absolute Gasteiger partial charge is 0.478 e. The Morgan fingerprint density at radius 2 is 2.09 bits per heavy atom. The van der Waals surface area contributed by atoms with Crippen LogP contribution in [-0.4, -0.2) is 92.8 Å². The Morgan fingerprint density at radius 3 is 2.91 bits per heavy atom. The van der Waals surface area contributed by atoms with Gasteiger partial charge in [0.25, 0.3) is 5.56 Å². The highest BCUT2D eigenvalue weighted by atomic mass is 16.5. The molecule has 2 unspecified atom stereocenters. The van der Waals surface area contributed by atoms with Crippen LogP contribution in [0.15, 0.2) is 41.5 Å². The van der Waals surface area contributed by atoms with Crippen molar-refractivity contribution in [2.75, 3.05) is 63.2 Å². The summed E-state index contributed by atoms with van der Waals surface area (Å²) < 4.78 is 15.2. The normalized spacial score (nSPS) is 22.3. The fraction of sp³-hybridized carbons (Fsp3) is 0.467. The van der Waals surface area contributed by atoms with Crippen LogP contribution >= 0.6 is 0 Å². The molecule has 1 aliphatic carbocycles. The fourth-order valence-electron chi connectivity index (χ4n) is 7.28. The molecule has 3 aromatic heterocycles. The number of aryl methyl sites for hydroxylation is 1. The van der Waals surface area contributed by atoms with Crippen LogP contribution in [0.25, 0.3) is 22.2 Å². The predicted molar refractivity (Wildman–Crippen MR) is 161 cm³/mol. The maximum Gasteiger partial charge on any atom is 0.337 e. The fourth-order valence-corrected chi connectivity index (χ4v) is 7.28. The predicted octanol–water partition coefficient (Wildman–Crippen LogP) is 2.13. The molecule has 2 saturated heterocycles. The third-order valence-electron chi connectivity index (χ3n) is 9.21. The topological polar surface area (TPSA) is 157 Å². The zero-order valence-electron chi connectivity index (χ0n) is 24.2. The van der Waals surface area contributed by atoms with Crippen molar-refractivity contribution in [3.63, 3.8) is 0 Å². The van der Waals surface area contributed by atoms with E-state index in [1.807, 2.05) is 0 Å². The van der Waals surface area contributed by atoms with E-state index in [0.717, 1.165) is 69.7 Å². The Hall–Kier alpha value is -4.36. The van der Waals surface area contributed by atoms with E-state index in [1.54, 1.807) is 0 Å². The van der Waals surface area contributed by atoms with E-state index < -0.39 is 5.97 Å². The molecule has 0 spiro atoms. The Bertz CT molecular complexity index is 1740. The molecule has 13 nitrogen and oxygen atoms in total. The summed E-state index contributed by atoms with van der Waals surface area (Å²) in [5, 5.41) is 16.4. The van der Waals surface area contributed by atoms with Gasteiger partial charge >= 0.3 is 5.97 Å². The van der Waals surface area contributed by atoms with Crippen molar-refractivity contribution in [1.82, 2.24) is 29.2 Å². The first kappa shape index (κ1) is 27.5. The van der Waals surface area contributed by atoms with Crippen molar-refractivity contribution in [3.05, 3.63) is 52.6 Å². The Labute approximate surface area is 247 Å². The Kier molecular flexibility index (Phi) is 6.85. The monoisotopic (exact) mass is 588 g/mol. The number of carboxylic acid groups (broad SMARTS) is 1. The van der Waals surface area contributed by atoms with Gasteiger partial charge in [-0.25, -0.2) is 14.9 Å². The lowest BCUT2D eigenvalue weighted by atomic mass is 9.90. The van der Waals surface area contributed by atoms with E-state index in [-0.39, 0.29) is 22.2 Å². The number of nitrogens with one attached hydrogen (secondary N) is 1. The first-order valence-electron chi connectivity index (χ1n) is 14.8. The lowest BCUT2D eigenvalue weighted by molar-refractivity contribution is 0.0695. The van der Waals surface area contributed by atoms with E-state index in [2.05, 4.69) is 42.8 Å². The number of benzene rings is 1. The van der Waals surface area contributed by atoms with Crippen molar-refractivity contribution in [2.24, 2.45) is 13.0 Å². The summed E-state index contributed by atoms with van der Waals surface area (Å²) in [6.45, 7) is 6.06. The lowest BCUT2D eigenvalue weighted by Crippen LogP contribution is -2.49. The number of nitrogen functional groups attached to an aromatic ring is 1. The molecule has 3 aliphatic rings. The maximum absolute atomic E-state index is 12.8. The van der Waals surface area contributed by atoms with E-state index in [4.69, 9.17) is 20.2 Å². The number of morpholine rings is 1. The molecule has 4 N–H and O–H groups in total. The van der Waals surface area contributed by atoms with Crippen molar-refractivity contribution in [2.45, 2.75) is 24.8 Å². The standard InChI is InChI=1S/C30H36N8O5/c1-35-17-20(28(40)41)12-22(27(35)39)23-15-32-34-26(23)43-11-6-36-16-19-4-5-30(14-19,18-36)38-25-13-21(37-7-9-42-10-8-37)2-3-24(25)33-29(38)31/h2-3,12-13,15,17,19H,4-11,14,16,18H2,1H3,(H2,31,33)(H,32,34)(H,40,41). The number of piperidine rings is 1. The molecule has 2 aliphatic heterocycles.